The van der Waals surface area contributed by atoms with Gasteiger partial charge in [-0.3, -0.25) is 0 Å². The molecule has 0 amide bonds. The van der Waals surface area contributed by atoms with Crippen molar-refractivity contribution in [1.82, 2.24) is 5.32 Å². The summed E-state index contributed by atoms with van der Waals surface area (Å²) in [5.41, 5.74) is 2.54. The van der Waals surface area contributed by atoms with Gasteiger partial charge in [0.1, 0.15) is 5.75 Å². The molecule has 1 rings (SSSR count). The van der Waals surface area contributed by atoms with E-state index in [0.29, 0.717) is 5.92 Å². The molecule has 1 aromatic carbocycles. The molecule has 0 aromatic heterocycles. The average molecular weight is 207 g/mol. The number of benzene rings is 1. The zero-order valence-electron chi connectivity index (χ0n) is 10.1. The molecule has 0 fully saturated rings. The minimum absolute atomic E-state index is 0.503. The van der Waals surface area contributed by atoms with Gasteiger partial charge in [0, 0.05) is 12.1 Å². The van der Waals surface area contributed by atoms with Gasteiger partial charge in [-0.25, -0.2) is 0 Å². The van der Waals surface area contributed by atoms with Crippen molar-refractivity contribution in [3.8, 4) is 5.75 Å². The van der Waals surface area contributed by atoms with E-state index < -0.39 is 0 Å². The second kappa shape index (κ2) is 5.76. The van der Waals surface area contributed by atoms with E-state index in [2.05, 4.69) is 37.4 Å². The molecule has 0 bridgehead atoms. The molecule has 15 heavy (non-hydrogen) atoms. The van der Waals surface area contributed by atoms with Crippen LogP contribution in [-0.4, -0.2) is 13.7 Å². The van der Waals surface area contributed by atoms with Gasteiger partial charge >= 0.3 is 0 Å². The molecule has 0 aliphatic heterocycles. The zero-order chi connectivity index (χ0) is 11.3. The van der Waals surface area contributed by atoms with Crippen molar-refractivity contribution in [2.75, 3.05) is 13.7 Å². The highest BCUT2D eigenvalue weighted by Gasteiger charge is 2.11. The second-order valence-corrected chi connectivity index (χ2v) is 3.95. The number of nitrogens with one attached hydrogen (secondary N) is 1. The number of rotatable bonds is 5. The summed E-state index contributed by atoms with van der Waals surface area (Å²) in [6, 6.07) is 6.37. The van der Waals surface area contributed by atoms with Crippen molar-refractivity contribution in [3.05, 3.63) is 29.3 Å². The Morgan fingerprint density at radius 3 is 2.60 bits per heavy atom. The second-order valence-electron chi connectivity index (χ2n) is 3.95. The van der Waals surface area contributed by atoms with Gasteiger partial charge in [-0.2, -0.15) is 0 Å². The van der Waals surface area contributed by atoms with E-state index in [4.69, 9.17) is 4.74 Å². The molecule has 84 valence electrons. The predicted molar refractivity (Wildman–Crippen MR) is 64.5 cm³/mol. The number of hydrogen-bond donors (Lipinski definition) is 1. The molecule has 2 nitrogen and oxygen atoms in total. The Morgan fingerprint density at radius 1 is 1.33 bits per heavy atom. The molecular weight excluding hydrogens is 186 g/mol. The standard InChI is InChI=1S/C13H21NO/c1-5-15-13-11(9-14-4)7-6-8-12(13)10(2)3/h6-8,10,14H,5,9H2,1-4H3. The molecule has 0 unspecified atom stereocenters. The van der Waals surface area contributed by atoms with Gasteiger partial charge in [0.15, 0.2) is 0 Å². The van der Waals surface area contributed by atoms with Crippen molar-refractivity contribution >= 4 is 0 Å². The fraction of sp³-hybridized carbons (Fsp3) is 0.538. The van der Waals surface area contributed by atoms with E-state index in [0.717, 1.165) is 18.9 Å². The molecule has 1 N–H and O–H groups in total. The Kier molecular flexibility index (Phi) is 4.63. The summed E-state index contributed by atoms with van der Waals surface area (Å²) in [6.07, 6.45) is 0. The molecule has 0 saturated heterocycles. The van der Waals surface area contributed by atoms with Gasteiger partial charge in [-0.1, -0.05) is 32.0 Å². The Labute approximate surface area is 92.6 Å². The van der Waals surface area contributed by atoms with Crippen molar-refractivity contribution < 1.29 is 4.74 Å². The van der Waals surface area contributed by atoms with Crippen LogP contribution in [0.4, 0.5) is 0 Å². The van der Waals surface area contributed by atoms with Crippen molar-refractivity contribution in [1.29, 1.82) is 0 Å². The van der Waals surface area contributed by atoms with E-state index in [1.54, 1.807) is 0 Å². The van der Waals surface area contributed by atoms with Crippen LogP contribution in [0.3, 0.4) is 0 Å². The van der Waals surface area contributed by atoms with E-state index in [1.807, 2.05) is 14.0 Å². The van der Waals surface area contributed by atoms with Gasteiger partial charge in [0.25, 0.3) is 0 Å². The first-order valence-electron chi connectivity index (χ1n) is 5.59. The summed E-state index contributed by atoms with van der Waals surface area (Å²) in [6.45, 7) is 8.00. The van der Waals surface area contributed by atoms with Crippen LogP contribution in [0.2, 0.25) is 0 Å². The highest BCUT2D eigenvalue weighted by Crippen LogP contribution is 2.30. The molecule has 0 saturated carbocycles. The van der Waals surface area contributed by atoms with Crippen LogP contribution in [0.15, 0.2) is 18.2 Å². The lowest BCUT2D eigenvalue weighted by Crippen LogP contribution is -2.09. The third kappa shape index (κ3) is 2.96. The highest BCUT2D eigenvalue weighted by atomic mass is 16.5. The van der Waals surface area contributed by atoms with Crippen LogP contribution in [0.25, 0.3) is 0 Å². The van der Waals surface area contributed by atoms with Gasteiger partial charge in [0.05, 0.1) is 6.61 Å². The molecule has 0 spiro atoms. The van der Waals surface area contributed by atoms with E-state index in [-0.39, 0.29) is 0 Å². The third-order valence-electron chi connectivity index (χ3n) is 2.40. The molecule has 0 aliphatic rings. The van der Waals surface area contributed by atoms with E-state index >= 15 is 0 Å². The lowest BCUT2D eigenvalue weighted by atomic mass is 9.99. The SMILES string of the molecule is CCOc1c(CNC)cccc1C(C)C. The Balaban J connectivity index is 3.09. The first-order valence-corrected chi connectivity index (χ1v) is 5.59. The number of para-hydroxylation sites is 1. The molecule has 0 heterocycles. The van der Waals surface area contributed by atoms with Gasteiger partial charge < -0.3 is 10.1 Å². The van der Waals surface area contributed by atoms with Crippen molar-refractivity contribution in [2.24, 2.45) is 0 Å². The smallest absolute Gasteiger partial charge is 0.127 e. The molecule has 0 atom stereocenters. The first kappa shape index (κ1) is 12.1. The maximum absolute atomic E-state index is 5.74. The van der Waals surface area contributed by atoms with Crippen LogP contribution in [0.1, 0.15) is 37.8 Å². The van der Waals surface area contributed by atoms with Crippen LogP contribution in [0.5, 0.6) is 5.75 Å². The first-order chi connectivity index (χ1) is 7.20. The van der Waals surface area contributed by atoms with Gasteiger partial charge in [-0.05, 0) is 25.5 Å². The summed E-state index contributed by atoms with van der Waals surface area (Å²) < 4.78 is 5.74. The minimum atomic E-state index is 0.503. The quantitative estimate of drug-likeness (QED) is 0.801. The minimum Gasteiger partial charge on any atom is -0.493 e. The fourth-order valence-corrected chi connectivity index (χ4v) is 1.71. The fourth-order valence-electron chi connectivity index (χ4n) is 1.71. The molecule has 0 aliphatic carbocycles. The normalized spacial score (nSPS) is 10.7. The topological polar surface area (TPSA) is 21.3 Å². The van der Waals surface area contributed by atoms with Crippen LogP contribution in [0, 0.1) is 0 Å². The molecule has 0 radical (unpaired) electrons. The Hall–Kier alpha value is -1.02. The highest BCUT2D eigenvalue weighted by molar-refractivity contribution is 5.43. The third-order valence-corrected chi connectivity index (χ3v) is 2.40. The molecular formula is C13H21NO. The monoisotopic (exact) mass is 207 g/mol. The maximum Gasteiger partial charge on any atom is 0.127 e. The predicted octanol–water partition coefficient (Wildman–Crippen LogP) is 2.93. The summed E-state index contributed by atoms with van der Waals surface area (Å²) in [4.78, 5) is 0. The van der Waals surface area contributed by atoms with E-state index in [1.165, 1.54) is 11.1 Å². The Bertz CT molecular complexity index is 307. The van der Waals surface area contributed by atoms with Crippen LogP contribution >= 0.6 is 0 Å². The maximum atomic E-state index is 5.74. The molecule has 2 heteroatoms. The largest absolute Gasteiger partial charge is 0.493 e. The van der Waals surface area contributed by atoms with Gasteiger partial charge in [-0.15, -0.1) is 0 Å². The Morgan fingerprint density at radius 2 is 2.07 bits per heavy atom. The van der Waals surface area contributed by atoms with Crippen LogP contribution < -0.4 is 10.1 Å². The number of hydrogen-bond acceptors (Lipinski definition) is 2. The van der Waals surface area contributed by atoms with Crippen molar-refractivity contribution in [3.63, 3.8) is 0 Å². The summed E-state index contributed by atoms with van der Waals surface area (Å²) in [5, 5.41) is 3.17. The lowest BCUT2D eigenvalue weighted by molar-refractivity contribution is 0.331. The lowest BCUT2D eigenvalue weighted by Gasteiger charge is -2.17. The average Bonchev–Trinajstić information content (AvgIpc) is 2.21. The van der Waals surface area contributed by atoms with Gasteiger partial charge in [0.2, 0.25) is 0 Å². The zero-order valence-corrected chi connectivity index (χ0v) is 10.1. The van der Waals surface area contributed by atoms with Crippen LogP contribution in [-0.2, 0) is 6.54 Å². The van der Waals surface area contributed by atoms with E-state index in [9.17, 15) is 0 Å². The van der Waals surface area contributed by atoms with Crippen molar-refractivity contribution in [2.45, 2.75) is 33.2 Å². The molecule has 1 aromatic rings. The summed E-state index contributed by atoms with van der Waals surface area (Å²) >= 11 is 0. The summed E-state index contributed by atoms with van der Waals surface area (Å²) in [7, 11) is 1.96. The number of ether oxygens (including phenoxy) is 1. The summed E-state index contributed by atoms with van der Waals surface area (Å²) in [5.74, 6) is 1.56.